The van der Waals surface area contributed by atoms with Crippen LogP contribution in [-0.2, 0) is 38.7 Å². The second kappa shape index (κ2) is 13.7. The lowest BCUT2D eigenvalue weighted by Crippen LogP contribution is -2.58. The van der Waals surface area contributed by atoms with Crippen LogP contribution in [0.5, 0.6) is 11.5 Å². The van der Waals surface area contributed by atoms with E-state index in [1.54, 1.807) is 11.1 Å². The number of likely N-dealkylation sites (N-methyl/N-ethyl adjacent to an activating group) is 1. The summed E-state index contributed by atoms with van der Waals surface area (Å²) in [5.41, 5.74) is 1.75. The third-order valence-electron chi connectivity index (χ3n) is 7.88. The van der Waals surface area contributed by atoms with Crippen LogP contribution in [0.2, 0.25) is 0 Å². The SMILES string of the molecule is CCN1CC(=O)N[C@H]2CN(C(=O)CCCn3ccnc3C)CC[C@@H]2OCc2cccc(c2)Oc2cccc(c2)CC1=O. The molecular weight excluding hydrogens is 534 g/mol. The zero-order valence-electron chi connectivity index (χ0n) is 24.3. The summed E-state index contributed by atoms with van der Waals surface area (Å²) in [5.74, 6) is 1.89. The van der Waals surface area contributed by atoms with Crippen molar-refractivity contribution in [2.45, 2.75) is 64.8 Å². The van der Waals surface area contributed by atoms with E-state index in [2.05, 4.69) is 10.3 Å². The average Bonchev–Trinajstić information content (AvgIpc) is 3.39. The van der Waals surface area contributed by atoms with Crippen molar-refractivity contribution in [3.63, 3.8) is 0 Å². The maximum absolute atomic E-state index is 13.2. The number of benzene rings is 2. The number of likely N-dealkylation sites (tertiary alicyclic amines) is 1. The largest absolute Gasteiger partial charge is 0.457 e. The normalized spacial score (nSPS) is 19.9. The number of hydrogen-bond donors (Lipinski definition) is 1. The molecule has 2 aliphatic heterocycles. The number of imidazole rings is 1. The molecule has 5 rings (SSSR count). The highest BCUT2D eigenvalue weighted by Crippen LogP contribution is 2.25. The molecule has 4 bridgehead atoms. The third-order valence-corrected chi connectivity index (χ3v) is 7.88. The lowest BCUT2D eigenvalue weighted by molar-refractivity contribution is -0.139. The standard InChI is InChI=1S/C32H39N5O5/c1-3-35-21-30(38)34-28-20-37(31(39)11-6-14-36-16-13-33-23(36)2)15-12-29(28)41-22-25-8-5-10-27(18-25)42-26-9-4-7-24(17-26)19-32(35)40/h4-5,7-10,13,16-18,28-29H,3,6,11-12,14-15,19-22H2,1-2H3,(H,34,38)/t28-,29-/m0/s1. The van der Waals surface area contributed by atoms with E-state index in [1.165, 1.54) is 0 Å². The number of nitrogens with one attached hydrogen (secondary N) is 1. The van der Waals surface area contributed by atoms with E-state index in [4.69, 9.17) is 9.47 Å². The molecular formula is C32H39N5O5. The molecule has 1 fully saturated rings. The van der Waals surface area contributed by atoms with Gasteiger partial charge in [-0.05, 0) is 62.1 Å². The molecule has 10 nitrogen and oxygen atoms in total. The van der Waals surface area contributed by atoms with Crippen molar-refractivity contribution in [3.05, 3.63) is 77.9 Å². The highest BCUT2D eigenvalue weighted by Gasteiger charge is 2.33. The molecule has 222 valence electrons. The smallest absolute Gasteiger partial charge is 0.239 e. The summed E-state index contributed by atoms with van der Waals surface area (Å²) in [6.07, 6.45) is 5.27. The van der Waals surface area contributed by atoms with Crippen molar-refractivity contribution in [3.8, 4) is 11.5 Å². The van der Waals surface area contributed by atoms with Crippen LogP contribution in [0.15, 0.2) is 60.9 Å². The Morgan fingerprint density at radius 3 is 2.60 bits per heavy atom. The molecule has 10 heteroatoms. The van der Waals surface area contributed by atoms with Crippen LogP contribution in [0.25, 0.3) is 0 Å². The van der Waals surface area contributed by atoms with E-state index in [0.717, 1.165) is 23.5 Å². The predicted molar refractivity (Wildman–Crippen MR) is 157 cm³/mol. The molecule has 2 aromatic carbocycles. The first-order valence-electron chi connectivity index (χ1n) is 14.7. The van der Waals surface area contributed by atoms with Gasteiger partial charge in [0.25, 0.3) is 0 Å². The molecule has 1 aromatic heterocycles. The van der Waals surface area contributed by atoms with E-state index in [9.17, 15) is 14.4 Å². The summed E-state index contributed by atoms with van der Waals surface area (Å²) in [6.45, 7) is 6.12. The Hall–Kier alpha value is -4.18. The molecule has 42 heavy (non-hydrogen) atoms. The van der Waals surface area contributed by atoms with Crippen LogP contribution in [-0.4, -0.2) is 75.4 Å². The van der Waals surface area contributed by atoms with Gasteiger partial charge >= 0.3 is 0 Å². The molecule has 0 unspecified atom stereocenters. The first kappa shape index (κ1) is 29.3. The molecule has 3 aromatic rings. The number of nitrogens with zero attached hydrogens (tertiary/aromatic N) is 4. The minimum Gasteiger partial charge on any atom is -0.457 e. The highest BCUT2D eigenvalue weighted by atomic mass is 16.5. The van der Waals surface area contributed by atoms with E-state index >= 15 is 0 Å². The second-order valence-electron chi connectivity index (χ2n) is 10.9. The molecule has 3 heterocycles. The van der Waals surface area contributed by atoms with Crippen LogP contribution in [0.1, 0.15) is 43.1 Å². The number of ether oxygens (including phenoxy) is 2. The Labute approximate surface area is 246 Å². The molecule has 2 aliphatic rings. The van der Waals surface area contributed by atoms with Crippen LogP contribution < -0.4 is 10.1 Å². The summed E-state index contributed by atoms with van der Waals surface area (Å²) >= 11 is 0. The number of carbonyl (C=O) groups excluding carboxylic acids is 3. The van der Waals surface area contributed by atoms with Crippen molar-refractivity contribution < 1.29 is 23.9 Å². The molecule has 0 radical (unpaired) electrons. The molecule has 3 amide bonds. The number of carbonyl (C=O) groups is 3. The molecule has 1 N–H and O–H groups in total. The van der Waals surface area contributed by atoms with E-state index in [1.807, 2.05) is 78.0 Å². The molecule has 0 spiro atoms. The number of rotatable bonds is 5. The van der Waals surface area contributed by atoms with Gasteiger partial charge in [-0.25, -0.2) is 4.98 Å². The van der Waals surface area contributed by atoms with Gasteiger partial charge in [0, 0.05) is 45.0 Å². The Bertz CT molecular complexity index is 1410. The summed E-state index contributed by atoms with van der Waals surface area (Å²) in [5, 5.41) is 3.09. The lowest BCUT2D eigenvalue weighted by Gasteiger charge is -2.39. The first-order valence-corrected chi connectivity index (χ1v) is 14.7. The van der Waals surface area contributed by atoms with Gasteiger partial charge in [0.15, 0.2) is 0 Å². The zero-order chi connectivity index (χ0) is 29.5. The maximum Gasteiger partial charge on any atom is 0.239 e. The molecule has 2 atom stereocenters. The predicted octanol–water partition coefficient (Wildman–Crippen LogP) is 3.47. The number of amides is 3. The maximum atomic E-state index is 13.2. The minimum absolute atomic E-state index is 0.0563. The van der Waals surface area contributed by atoms with Gasteiger partial charge in [0.2, 0.25) is 17.7 Å². The van der Waals surface area contributed by atoms with Crippen molar-refractivity contribution in [2.75, 3.05) is 26.2 Å². The third kappa shape index (κ3) is 7.55. The van der Waals surface area contributed by atoms with E-state index in [-0.39, 0.29) is 36.8 Å². The van der Waals surface area contributed by atoms with Gasteiger partial charge in [-0.3, -0.25) is 14.4 Å². The van der Waals surface area contributed by atoms with Gasteiger partial charge in [-0.15, -0.1) is 0 Å². The number of aromatic nitrogens is 2. The van der Waals surface area contributed by atoms with Gasteiger partial charge < -0.3 is 29.2 Å². The van der Waals surface area contributed by atoms with Crippen molar-refractivity contribution in [1.82, 2.24) is 24.7 Å². The Morgan fingerprint density at radius 2 is 1.86 bits per heavy atom. The van der Waals surface area contributed by atoms with Crippen molar-refractivity contribution in [2.24, 2.45) is 0 Å². The molecule has 1 saturated heterocycles. The van der Waals surface area contributed by atoms with Gasteiger partial charge in [0.05, 0.1) is 31.7 Å². The highest BCUT2D eigenvalue weighted by molar-refractivity contribution is 5.86. The van der Waals surface area contributed by atoms with Crippen molar-refractivity contribution >= 4 is 17.7 Å². The fraction of sp³-hybridized carbons (Fsp3) is 0.438. The monoisotopic (exact) mass is 573 g/mol. The van der Waals surface area contributed by atoms with Gasteiger partial charge in [-0.2, -0.15) is 0 Å². The molecule has 0 aliphatic carbocycles. The number of aryl methyl sites for hydroxylation is 2. The van der Waals surface area contributed by atoms with Crippen LogP contribution in [0, 0.1) is 6.92 Å². The van der Waals surface area contributed by atoms with E-state index < -0.39 is 6.04 Å². The number of fused-ring (bicyclic) bond motifs is 5. The number of piperidine rings is 1. The average molecular weight is 574 g/mol. The van der Waals surface area contributed by atoms with E-state index in [0.29, 0.717) is 57.0 Å². The summed E-state index contributed by atoms with van der Waals surface area (Å²) in [7, 11) is 0. The zero-order valence-corrected chi connectivity index (χ0v) is 24.3. The second-order valence-corrected chi connectivity index (χ2v) is 10.9. The fourth-order valence-electron chi connectivity index (χ4n) is 5.54. The Balaban J connectivity index is 1.31. The first-order chi connectivity index (χ1) is 20.4. The van der Waals surface area contributed by atoms with Crippen molar-refractivity contribution in [1.29, 1.82) is 0 Å². The Kier molecular flexibility index (Phi) is 9.53. The number of hydrogen-bond acceptors (Lipinski definition) is 6. The fourth-order valence-corrected chi connectivity index (χ4v) is 5.54. The summed E-state index contributed by atoms with van der Waals surface area (Å²) < 4.78 is 14.5. The van der Waals surface area contributed by atoms with Crippen LogP contribution >= 0.6 is 0 Å². The minimum atomic E-state index is -0.398. The van der Waals surface area contributed by atoms with Gasteiger partial charge in [-0.1, -0.05) is 24.3 Å². The quantitative estimate of drug-likeness (QED) is 0.501. The van der Waals surface area contributed by atoms with Gasteiger partial charge in [0.1, 0.15) is 17.3 Å². The van der Waals surface area contributed by atoms with Crippen LogP contribution in [0.4, 0.5) is 0 Å². The topological polar surface area (TPSA) is 106 Å². The summed E-state index contributed by atoms with van der Waals surface area (Å²) in [6, 6.07) is 14.8. The summed E-state index contributed by atoms with van der Waals surface area (Å²) in [4.78, 5) is 47.1. The Morgan fingerprint density at radius 1 is 1.10 bits per heavy atom. The lowest BCUT2D eigenvalue weighted by atomic mass is 10.0. The molecule has 0 saturated carbocycles. The van der Waals surface area contributed by atoms with Crippen LogP contribution in [0.3, 0.4) is 0 Å².